The highest BCUT2D eigenvalue weighted by Crippen LogP contribution is 2.21. The average molecular weight is 380 g/mol. The van der Waals surface area contributed by atoms with Crippen LogP contribution in [-0.4, -0.2) is 39.2 Å². The lowest BCUT2D eigenvalue weighted by atomic mass is 10.1. The molecule has 0 spiro atoms. The van der Waals surface area contributed by atoms with Gasteiger partial charge in [-0.1, -0.05) is 60.7 Å². The first-order valence-electron chi connectivity index (χ1n) is 9.27. The lowest BCUT2D eigenvalue weighted by molar-refractivity contribution is -0.137. The SMILES string of the molecule is O=C(O)CCN(CCc1cnc(C(O)c2ccccc2)o1)Cc1ccccc1. The van der Waals surface area contributed by atoms with Gasteiger partial charge in [0.05, 0.1) is 12.6 Å². The normalized spacial score (nSPS) is 12.2. The third-order valence-corrected chi connectivity index (χ3v) is 4.49. The third-order valence-electron chi connectivity index (χ3n) is 4.49. The van der Waals surface area contributed by atoms with Crippen LogP contribution in [0.4, 0.5) is 0 Å². The molecule has 3 rings (SSSR count). The molecule has 146 valence electrons. The summed E-state index contributed by atoms with van der Waals surface area (Å²) in [5, 5.41) is 19.4. The van der Waals surface area contributed by atoms with Crippen molar-refractivity contribution < 1.29 is 19.4 Å². The van der Waals surface area contributed by atoms with E-state index in [0.717, 1.165) is 11.1 Å². The second kappa shape index (κ2) is 9.82. The standard InChI is InChI=1S/C22H24N2O4/c25-20(26)12-14-24(16-17-7-3-1-4-8-17)13-11-19-15-23-22(28-19)21(27)18-9-5-2-6-10-18/h1-10,15,21,27H,11-14,16H2,(H,25,26). The van der Waals surface area contributed by atoms with Crippen LogP contribution in [0.1, 0.15) is 35.3 Å². The molecule has 1 unspecified atom stereocenters. The van der Waals surface area contributed by atoms with E-state index in [9.17, 15) is 9.90 Å². The molecule has 0 radical (unpaired) electrons. The number of aromatic nitrogens is 1. The van der Waals surface area contributed by atoms with Gasteiger partial charge in [0.2, 0.25) is 5.89 Å². The fourth-order valence-electron chi connectivity index (χ4n) is 2.98. The van der Waals surface area contributed by atoms with Crippen LogP contribution >= 0.6 is 0 Å². The maximum absolute atomic E-state index is 11.0. The first-order valence-corrected chi connectivity index (χ1v) is 9.27. The number of hydrogen-bond acceptors (Lipinski definition) is 5. The van der Waals surface area contributed by atoms with E-state index in [1.807, 2.05) is 60.7 Å². The Hall–Kier alpha value is -2.96. The lowest BCUT2D eigenvalue weighted by Crippen LogP contribution is -2.28. The van der Waals surface area contributed by atoms with Gasteiger partial charge < -0.3 is 14.6 Å². The second-order valence-corrected chi connectivity index (χ2v) is 6.63. The molecule has 0 bridgehead atoms. The molecule has 1 heterocycles. The average Bonchev–Trinajstić information content (AvgIpc) is 3.20. The molecule has 6 nitrogen and oxygen atoms in total. The Bertz CT molecular complexity index is 865. The van der Waals surface area contributed by atoms with Crippen molar-refractivity contribution in [3.8, 4) is 0 Å². The van der Waals surface area contributed by atoms with E-state index in [2.05, 4.69) is 9.88 Å². The number of aliphatic carboxylic acids is 1. The highest BCUT2D eigenvalue weighted by Gasteiger charge is 2.17. The summed E-state index contributed by atoms with van der Waals surface area (Å²) >= 11 is 0. The maximum Gasteiger partial charge on any atom is 0.304 e. The molecule has 1 atom stereocenters. The summed E-state index contributed by atoms with van der Waals surface area (Å²) in [6.07, 6.45) is 1.39. The van der Waals surface area contributed by atoms with Gasteiger partial charge in [0.1, 0.15) is 5.76 Å². The van der Waals surface area contributed by atoms with Crippen LogP contribution in [0.15, 0.2) is 71.3 Å². The van der Waals surface area contributed by atoms with Gasteiger partial charge >= 0.3 is 5.97 Å². The molecular weight excluding hydrogens is 356 g/mol. The number of hydrogen-bond donors (Lipinski definition) is 2. The van der Waals surface area contributed by atoms with Gasteiger partial charge in [0, 0.05) is 26.1 Å². The Kier molecular flexibility index (Phi) is 6.94. The molecule has 0 aliphatic rings. The number of carboxylic acids is 1. The van der Waals surface area contributed by atoms with E-state index in [4.69, 9.17) is 9.52 Å². The summed E-state index contributed by atoms with van der Waals surface area (Å²) in [5.41, 5.74) is 1.86. The van der Waals surface area contributed by atoms with Gasteiger partial charge in [-0.25, -0.2) is 4.98 Å². The minimum Gasteiger partial charge on any atom is -0.481 e. The van der Waals surface area contributed by atoms with Crippen LogP contribution in [0, 0.1) is 0 Å². The first kappa shape index (κ1) is 19.8. The van der Waals surface area contributed by atoms with E-state index in [-0.39, 0.29) is 12.3 Å². The number of rotatable bonds is 10. The fourth-order valence-corrected chi connectivity index (χ4v) is 2.98. The molecule has 0 fully saturated rings. The Morgan fingerprint density at radius 2 is 1.71 bits per heavy atom. The number of benzene rings is 2. The Morgan fingerprint density at radius 1 is 1.04 bits per heavy atom. The first-order chi connectivity index (χ1) is 13.6. The quantitative estimate of drug-likeness (QED) is 0.561. The third kappa shape index (κ3) is 5.77. The highest BCUT2D eigenvalue weighted by molar-refractivity contribution is 5.66. The number of oxazole rings is 1. The van der Waals surface area contributed by atoms with E-state index < -0.39 is 12.1 Å². The zero-order chi connectivity index (χ0) is 19.8. The van der Waals surface area contributed by atoms with Crippen LogP contribution in [-0.2, 0) is 17.8 Å². The van der Waals surface area contributed by atoms with Gasteiger partial charge in [0.15, 0.2) is 6.10 Å². The van der Waals surface area contributed by atoms with Crippen molar-refractivity contribution in [2.24, 2.45) is 0 Å². The van der Waals surface area contributed by atoms with Crippen molar-refractivity contribution in [3.63, 3.8) is 0 Å². The van der Waals surface area contributed by atoms with Crippen LogP contribution < -0.4 is 0 Å². The summed E-state index contributed by atoms with van der Waals surface area (Å²) in [4.78, 5) is 17.2. The van der Waals surface area contributed by atoms with Crippen molar-refractivity contribution in [1.29, 1.82) is 0 Å². The number of aliphatic hydroxyl groups is 1. The molecule has 0 aliphatic carbocycles. The predicted molar refractivity (Wildman–Crippen MR) is 105 cm³/mol. The monoisotopic (exact) mass is 380 g/mol. The summed E-state index contributed by atoms with van der Waals surface area (Å²) in [6.45, 7) is 1.76. The minimum absolute atomic E-state index is 0.0845. The van der Waals surface area contributed by atoms with Crippen LogP contribution in [0.2, 0.25) is 0 Å². The smallest absolute Gasteiger partial charge is 0.304 e. The zero-order valence-corrected chi connectivity index (χ0v) is 15.6. The van der Waals surface area contributed by atoms with Gasteiger partial charge in [-0.05, 0) is 11.1 Å². The van der Waals surface area contributed by atoms with Crippen molar-refractivity contribution in [1.82, 2.24) is 9.88 Å². The number of carbonyl (C=O) groups is 1. The molecule has 0 aliphatic heterocycles. The van der Waals surface area contributed by atoms with E-state index >= 15 is 0 Å². The van der Waals surface area contributed by atoms with E-state index in [1.54, 1.807) is 6.20 Å². The Balaban J connectivity index is 1.61. The van der Waals surface area contributed by atoms with Crippen molar-refractivity contribution in [2.45, 2.75) is 25.5 Å². The highest BCUT2D eigenvalue weighted by atomic mass is 16.4. The molecule has 2 N–H and O–H groups in total. The molecule has 0 saturated heterocycles. The summed E-state index contributed by atoms with van der Waals surface area (Å²) in [5.74, 6) is 0.116. The topological polar surface area (TPSA) is 86.8 Å². The summed E-state index contributed by atoms with van der Waals surface area (Å²) < 4.78 is 5.72. The van der Waals surface area contributed by atoms with Gasteiger partial charge in [-0.15, -0.1) is 0 Å². The van der Waals surface area contributed by atoms with Crippen molar-refractivity contribution >= 4 is 5.97 Å². The largest absolute Gasteiger partial charge is 0.481 e. The van der Waals surface area contributed by atoms with Crippen molar-refractivity contribution in [3.05, 3.63) is 89.6 Å². The number of aliphatic hydroxyl groups excluding tert-OH is 1. The lowest BCUT2D eigenvalue weighted by Gasteiger charge is -2.21. The molecule has 1 aromatic heterocycles. The van der Waals surface area contributed by atoms with E-state index in [0.29, 0.717) is 31.8 Å². The Labute approximate surface area is 164 Å². The zero-order valence-electron chi connectivity index (χ0n) is 15.6. The second-order valence-electron chi connectivity index (χ2n) is 6.63. The number of carboxylic acid groups (broad SMARTS) is 1. The molecule has 2 aromatic carbocycles. The molecule has 6 heteroatoms. The molecule has 28 heavy (non-hydrogen) atoms. The van der Waals surface area contributed by atoms with Gasteiger partial charge in [0.25, 0.3) is 0 Å². The van der Waals surface area contributed by atoms with Gasteiger partial charge in [-0.3, -0.25) is 9.69 Å². The maximum atomic E-state index is 11.0. The van der Waals surface area contributed by atoms with E-state index in [1.165, 1.54) is 0 Å². The Morgan fingerprint density at radius 3 is 2.39 bits per heavy atom. The fraction of sp³-hybridized carbons (Fsp3) is 0.273. The summed E-state index contributed by atoms with van der Waals surface area (Å²) in [7, 11) is 0. The van der Waals surface area contributed by atoms with Gasteiger partial charge in [-0.2, -0.15) is 0 Å². The predicted octanol–water partition coefficient (Wildman–Crippen LogP) is 3.28. The van der Waals surface area contributed by atoms with Crippen LogP contribution in [0.3, 0.4) is 0 Å². The molecular formula is C22H24N2O4. The van der Waals surface area contributed by atoms with Crippen molar-refractivity contribution in [2.75, 3.05) is 13.1 Å². The van der Waals surface area contributed by atoms with Crippen LogP contribution in [0.25, 0.3) is 0 Å². The molecule has 0 amide bonds. The number of nitrogens with zero attached hydrogens (tertiary/aromatic N) is 2. The van der Waals surface area contributed by atoms with Crippen LogP contribution in [0.5, 0.6) is 0 Å². The molecule has 3 aromatic rings. The minimum atomic E-state index is -0.901. The molecule has 0 saturated carbocycles. The summed E-state index contributed by atoms with van der Waals surface area (Å²) in [6, 6.07) is 19.2.